The Morgan fingerprint density at radius 3 is 2.85 bits per heavy atom. The monoisotopic (exact) mass is 364 g/mol. The molecule has 1 unspecified atom stereocenters. The second-order valence-electron chi connectivity index (χ2n) is 7.41. The number of carbonyl (C=O) groups is 1. The summed E-state index contributed by atoms with van der Waals surface area (Å²) in [7, 11) is 0. The molecule has 2 N–H and O–H groups in total. The molecular formula is C22H21FN2O2. The van der Waals surface area contributed by atoms with Crippen molar-refractivity contribution in [3.63, 3.8) is 0 Å². The molecule has 2 aromatic carbocycles. The van der Waals surface area contributed by atoms with Crippen LogP contribution in [0.25, 0.3) is 22.2 Å². The lowest BCUT2D eigenvalue weighted by Gasteiger charge is -2.23. The Morgan fingerprint density at radius 1 is 1.11 bits per heavy atom. The molecule has 27 heavy (non-hydrogen) atoms. The minimum atomic E-state index is -0.238. The lowest BCUT2D eigenvalue weighted by molar-refractivity contribution is 0.0742. The van der Waals surface area contributed by atoms with E-state index in [1.165, 1.54) is 0 Å². The van der Waals surface area contributed by atoms with Gasteiger partial charge in [-0.3, -0.25) is 4.79 Å². The average molecular weight is 364 g/mol. The number of benzene rings is 2. The average Bonchev–Trinajstić information content (AvgIpc) is 2.97. The van der Waals surface area contributed by atoms with Gasteiger partial charge < -0.3 is 15.0 Å². The van der Waals surface area contributed by atoms with Crippen LogP contribution in [0.5, 0.6) is 0 Å². The van der Waals surface area contributed by atoms with Crippen LogP contribution in [0.1, 0.15) is 40.2 Å². The first-order chi connectivity index (χ1) is 13.2. The van der Waals surface area contributed by atoms with E-state index < -0.39 is 0 Å². The third kappa shape index (κ3) is 2.78. The fourth-order valence-corrected chi connectivity index (χ4v) is 4.37. The van der Waals surface area contributed by atoms with Crippen LogP contribution in [0, 0.1) is 5.82 Å². The molecule has 0 aliphatic carbocycles. The van der Waals surface area contributed by atoms with Crippen LogP contribution in [-0.2, 0) is 11.3 Å². The molecule has 1 saturated heterocycles. The first-order valence-corrected chi connectivity index (χ1v) is 9.47. The van der Waals surface area contributed by atoms with E-state index in [9.17, 15) is 4.79 Å². The molecule has 0 bridgehead atoms. The number of H-pyrrole nitrogens is 1. The molecule has 138 valence electrons. The van der Waals surface area contributed by atoms with Crippen LogP contribution in [0.3, 0.4) is 0 Å². The topological polar surface area (TPSA) is 54.1 Å². The molecule has 0 saturated carbocycles. The molecule has 2 aliphatic heterocycles. The number of piperidine rings is 1. The Balaban J connectivity index is 1.62. The van der Waals surface area contributed by atoms with Gasteiger partial charge in [-0.15, -0.1) is 0 Å². The smallest absolute Gasteiger partial charge is 0.189 e. The van der Waals surface area contributed by atoms with Gasteiger partial charge in [-0.25, -0.2) is 4.39 Å². The van der Waals surface area contributed by atoms with Gasteiger partial charge in [-0.1, -0.05) is 18.2 Å². The van der Waals surface area contributed by atoms with E-state index in [4.69, 9.17) is 4.74 Å². The molecular weight excluding hydrogens is 343 g/mol. The highest BCUT2D eigenvalue weighted by Gasteiger charge is 2.24. The normalized spacial score (nSPS) is 20.0. The van der Waals surface area contributed by atoms with E-state index in [-0.39, 0.29) is 18.2 Å². The quantitative estimate of drug-likeness (QED) is 0.718. The first-order valence-electron chi connectivity index (χ1n) is 9.47. The van der Waals surface area contributed by atoms with Crippen molar-refractivity contribution in [3.8, 4) is 11.3 Å². The third-order valence-electron chi connectivity index (χ3n) is 5.74. The largest absolute Gasteiger partial charge is 0.369 e. The standard InChI is InChI=1S/C22H21FN2O2/c23-18-9-13(14-3-2-8-24-10-14)6-7-15(18)22-17-11-27-12-20(26)16-4-1-5-19(25-22)21(16)17/h1,4-7,9,14,24-25H,2-3,8,10-12H2. The van der Waals surface area contributed by atoms with Crippen LogP contribution in [0.4, 0.5) is 4.39 Å². The molecule has 0 amide bonds. The van der Waals surface area contributed by atoms with Crippen LogP contribution >= 0.6 is 0 Å². The molecule has 4 nitrogen and oxygen atoms in total. The number of aromatic nitrogens is 1. The maximum absolute atomic E-state index is 15.1. The fraction of sp³-hybridized carbons (Fsp3) is 0.318. The SMILES string of the molecule is O=C1COCc2c(-c3ccc(C4CCCNC4)cc3F)[nH]c3cccc1c23. The molecule has 3 aromatic rings. The van der Waals surface area contributed by atoms with Crippen molar-refractivity contribution in [1.29, 1.82) is 0 Å². The van der Waals surface area contributed by atoms with E-state index in [2.05, 4.69) is 10.3 Å². The van der Waals surface area contributed by atoms with Gasteiger partial charge in [-0.05, 0) is 49.1 Å². The molecule has 0 spiro atoms. The molecule has 5 heteroatoms. The zero-order chi connectivity index (χ0) is 18.4. The molecule has 3 heterocycles. The van der Waals surface area contributed by atoms with Crippen LogP contribution in [0.15, 0.2) is 36.4 Å². The van der Waals surface area contributed by atoms with Crippen LogP contribution < -0.4 is 5.32 Å². The maximum Gasteiger partial charge on any atom is 0.189 e. The number of rotatable bonds is 2. The van der Waals surface area contributed by atoms with Gasteiger partial charge in [0.1, 0.15) is 12.4 Å². The summed E-state index contributed by atoms with van der Waals surface area (Å²) in [4.78, 5) is 15.6. The van der Waals surface area contributed by atoms with E-state index in [1.807, 2.05) is 30.3 Å². The molecule has 2 aliphatic rings. The van der Waals surface area contributed by atoms with E-state index in [0.717, 1.165) is 48.0 Å². The Kier molecular flexibility index (Phi) is 4.06. The van der Waals surface area contributed by atoms with Gasteiger partial charge in [0.2, 0.25) is 0 Å². The number of Topliss-reactive ketones (excluding diaryl/α,β-unsaturated/α-hetero) is 1. The number of hydrogen-bond acceptors (Lipinski definition) is 3. The summed E-state index contributed by atoms with van der Waals surface area (Å²) in [5.41, 5.74) is 4.62. The Morgan fingerprint density at radius 2 is 2.04 bits per heavy atom. The highest BCUT2D eigenvalue weighted by molar-refractivity contribution is 6.11. The molecule has 1 atom stereocenters. The Bertz CT molecular complexity index is 1030. The van der Waals surface area contributed by atoms with Gasteiger partial charge in [-0.2, -0.15) is 0 Å². The van der Waals surface area contributed by atoms with Crippen molar-refractivity contribution in [1.82, 2.24) is 10.3 Å². The van der Waals surface area contributed by atoms with Gasteiger partial charge in [0.15, 0.2) is 5.78 Å². The molecule has 5 rings (SSSR count). The summed E-state index contributed by atoms with van der Waals surface area (Å²) >= 11 is 0. The van der Waals surface area contributed by atoms with Crippen molar-refractivity contribution in [2.75, 3.05) is 19.7 Å². The van der Waals surface area contributed by atoms with Gasteiger partial charge in [0.25, 0.3) is 0 Å². The number of nitrogens with one attached hydrogen (secondary N) is 2. The number of ether oxygens (including phenoxy) is 1. The van der Waals surface area contributed by atoms with Crippen molar-refractivity contribution in [2.45, 2.75) is 25.4 Å². The Hall–Kier alpha value is -2.50. The summed E-state index contributed by atoms with van der Waals surface area (Å²) in [5.74, 6) is 0.0858. The predicted octanol–water partition coefficient (Wildman–Crippen LogP) is 4.15. The summed E-state index contributed by atoms with van der Waals surface area (Å²) in [5, 5.41) is 4.24. The lowest BCUT2D eigenvalue weighted by Crippen LogP contribution is -2.28. The van der Waals surface area contributed by atoms with Crippen molar-refractivity contribution < 1.29 is 13.9 Å². The van der Waals surface area contributed by atoms with Gasteiger partial charge >= 0.3 is 0 Å². The number of halogens is 1. The van der Waals surface area contributed by atoms with Gasteiger partial charge in [0.05, 0.1) is 12.3 Å². The summed E-state index contributed by atoms with van der Waals surface area (Å²) in [6, 6.07) is 11.1. The minimum absolute atomic E-state index is 0.0366. The number of ketones is 1. The van der Waals surface area contributed by atoms with E-state index in [1.54, 1.807) is 6.07 Å². The van der Waals surface area contributed by atoms with Crippen LogP contribution in [0.2, 0.25) is 0 Å². The first kappa shape index (κ1) is 16.7. The molecule has 0 radical (unpaired) electrons. The highest BCUT2D eigenvalue weighted by atomic mass is 19.1. The maximum atomic E-state index is 15.1. The second kappa shape index (κ2) is 6.59. The molecule has 1 aromatic heterocycles. The van der Waals surface area contributed by atoms with Crippen molar-refractivity contribution in [2.24, 2.45) is 0 Å². The molecule has 1 fully saturated rings. The van der Waals surface area contributed by atoms with E-state index in [0.29, 0.717) is 29.3 Å². The fourth-order valence-electron chi connectivity index (χ4n) is 4.37. The number of hydrogen-bond donors (Lipinski definition) is 2. The summed E-state index contributed by atoms with van der Waals surface area (Å²) < 4.78 is 20.6. The predicted molar refractivity (Wildman–Crippen MR) is 103 cm³/mol. The number of carbonyl (C=O) groups excluding carboxylic acids is 1. The van der Waals surface area contributed by atoms with Crippen molar-refractivity contribution >= 4 is 16.7 Å². The highest BCUT2D eigenvalue weighted by Crippen LogP contribution is 2.37. The zero-order valence-electron chi connectivity index (χ0n) is 15.0. The van der Waals surface area contributed by atoms with Crippen LogP contribution in [-0.4, -0.2) is 30.5 Å². The number of aromatic amines is 1. The third-order valence-corrected chi connectivity index (χ3v) is 5.74. The van der Waals surface area contributed by atoms with Crippen molar-refractivity contribution in [3.05, 3.63) is 58.9 Å². The summed E-state index contributed by atoms with van der Waals surface area (Å²) in [6.07, 6.45) is 2.21. The summed E-state index contributed by atoms with van der Waals surface area (Å²) in [6.45, 7) is 2.29. The van der Waals surface area contributed by atoms with E-state index >= 15 is 4.39 Å². The Labute approximate surface area is 156 Å². The van der Waals surface area contributed by atoms with Gasteiger partial charge in [0, 0.05) is 34.1 Å². The minimum Gasteiger partial charge on any atom is -0.369 e. The lowest BCUT2D eigenvalue weighted by atomic mass is 9.90. The second-order valence-corrected chi connectivity index (χ2v) is 7.41. The zero-order valence-corrected chi connectivity index (χ0v) is 15.0.